The lowest BCUT2D eigenvalue weighted by molar-refractivity contribution is 0.685. The number of benzene rings is 1. The van der Waals surface area contributed by atoms with Gasteiger partial charge in [0.05, 0.1) is 0 Å². The van der Waals surface area contributed by atoms with E-state index >= 15 is 0 Å². The van der Waals surface area contributed by atoms with Gasteiger partial charge in [0.2, 0.25) is 0 Å². The van der Waals surface area contributed by atoms with Crippen LogP contribution in [0.1, 0.15) is 25.8 Å². The van der Waals surface area contributed by atoms with Gasteiger partial charge in [-0.05, 0) is 44.4 Å². The number of aliphatic imine (C=N–C) groups is 1. The Labute approximate surface area is 123 Å². The van der Waals surface area contributed by atoms with Gasteiger partial charge < -0.3 is 15.5 Å². The Morgan fingerprint density at radius 1 is 1.20 bits per heavy atom. The number of rotatable bonds is 6. The lowest BCUT2D eigenvalue weighted by Gasteiger charge is -2.14. The third kappa shape index (κ3) is 5.95. The van der Waals surface area contributed by atoms with Gasteiger partial charge in [0.15, 0.2) is 5.96 Å². The van der Waals surface area contributed by atoms with Crippen molar-refractivity contribution in [3.8, 4) is 0 Å². The molecule has 0 atom stereocenters. The lowest BCUT2D eigenvalue weighted by atomic mass is 10.1. The van der Waals surface area contributed by atoms with Gasteiger partial charge in [0.25, 0.3) is 0 Å². The topological polar surface area (TPSA) is 39.7 Å². The van der Waals surface area contributed by atoms with Crippen molar-refractivity contribution in [2.75, 3.05) is 32.6 Å². The molecule has 0 saturated heterocycles. The highest BCUT2D eigenvalue weighted by Gasteiger charge is 2.00. The molecular weight excluding hydrogens is 248 g/mol. The standard InChI is InChI=1S/C16H28N4/c1-13(2)19-16(17-3)18-12-6-7-14-8-10-15(11-9-14)20(4)5/h8-11,13H,6-7,12H2,1-5H3,(H2,17,18,19). The first-order valence-electron chi connectivity index (χ1n) is 7.26. The summed E-state index contributed by atoms with van der Waals surface area (Å²) in [7, 11) is 5.93. The van der Waals surface area contributed by atoms with Crippen LogP contribution in [0, 0.1) is 0 Å². The summed E-state index contributed by atoms with van der Waals surface area (Å²) in [5, 5.41) is 6.61. The minimum Gasteiger partial charge on any atom is -0.378 e. The van der Waals surface area contributed by atoms with Crippen molar-refractivity contribution < 1.29 is 0 Å². The Kier molecular flexibility index (Phi) is 6.91. The third-order valence-electron chi connectivity index (χ3n) is 3.04. The minimum absolute atomic E-state index is 0.403. The second-order valence-corrected chi connectivity index (χ2v) is 5.46. The first kappa shape index (κ1) is 16.3. The van der Waals surface area contributed by atoms with Crippen molar-refractivity contribution in [3.63, 3.8) is 0 Å². The molecule has 0 heterocycles. The van der Waals surface area contributed by atoms with Gasteiger partial charge in [0, 0.05) is 39.4 Å². The summed E-state index contributed by atoms with van der Waals surface area (Å²) in [5.74, 6) is 0.878. The molecule has 4 nitrogen and oxygen atoms in total. The van der Waals surface area contributed by atoms with Crippen molar-refractivity contribution in [2.24, 2.45) is 4.99 Å². The Balaban J connectivity index is 2.30. The average Bonchev–Trinajstić information content (AvgIpc) is 2.42. The smallest absolute Gasteiger partial charge is 0.191 e. The maximum absolute atomic E-state index is 4.19. The van der Waals surface area contributed by atoms with Gasteiger partial charge in [-0.2, -0.15) is 0 Å². The summed E-state index contributed by atoms with van der Waals surface area (Å²) in [4.78, 5) is 6.31. The summed E-state index contributed by atoms with van der Waals surface area (Å²) < 4.78 is 0. The van der Waals surface area contributed by atoms with Gasteiger partial charge in [-0.3, -0.25) is 4.99 Å². The van der Waals surface area contributed by atoms with Gasteiger partial charge in [-0.1, -0.05) is 12.1 Å². The second-order valence-electron chi connectivity index (χ2n) is 5.46. The van der Waals surface area contributed by atoms with E-state index in [9.17, 15) is 0 Å². The summed E-state index contributed by atoms with van der Waals surface area (Å²) in [5.41, 5.74) is 2.62. The van der Waals surface area contributed by atoms with E-state index in [2.05, 4.69) is 72.7 Å². The molecule has 0 spiro atoms. The molecule has 0 amide bonds. The molecule has 0 unspecified atom stereocenters. The number of hydrogen-bond acceptors (Lipinski definition) is 2. The highest BCUT2D eigenvalue weighted by molar-refractivity contribution is 5.79. The SMILES string of the molecule is CN=C(NCCCc1ccc(N(C)C)cc1)NC(C)C. The molecular formula is C16H28N4. The fourth-order valence-electron chi connectivity index (χ4n) is 1.93. The molecule has 0 fully saturated rings. The van der Waals surface area contributed by atoms with E-state index in [1.807, 2.05) is 0 Å². The summed E-state index contributed by atoms with van der Waals surface area (Å²) in [6.07, 6.45) is 2.18. The van der Waals surface area contributed by atoms with Crippen LogP contribution in [0.4, 0.5) is 5.69 Å². The van der Waals surface area contributed by atoms with Crippen LogP contribution in [-0.4, -0.2) is 39.7 Å². The number of hydrogen-bond donors (Lipinski definition) is 2. The Bertz CT molecular complexity index is 407. The lowest BCUT2D eigenvalue weighted by Crippen LogP contribution is -2.41. The van der Waals surface area contributed by atoms with Gasteiger partial charge in [-0.25, -0.2) is 0 Å². The molecule has 4 heteroatoms. The maximum atomic E-state index is 4.19. The van der Waals surface area contributed by atoms with Crippen molar-refractivity contribution in [3.05, 3.63) is 29.8 Å². The Morgan fingerprint density at radius 3 is 2.35 bits per heavy atom. The van der Waals surface area contributed by atoms with E-state index in [4.69, 9.17) is 0 Å². The first-order chi connectivity index (χ1) is 9.52. The molecule has 2 N–H and O–H groups in total. The predicted molar refractivity (Wildman–Crippen MR) is 88.7 cm³/mol. The van der Waals surface area contributed by atoms with E-state index in [0.29, 0.717) is 6.04 Å². The van der Waals surface area contributed by atoms with E-state index < -0.39 is 0 Å². The number of anilines is 1. The van der Waals surface area contributed by atoms with Crippen molar-refractivity contribution >= 4 is 11.6 Å². The molecule has 0 aliphatic carbocycles. The van der Waals surface area contributed by atoms with Crippen LogP contribution in [-0.2, 0) is 6.42 Å². The van der Waals surface area contributed by atoms with Crippen molar-refractivity contribution in [2.45, 2.75) is 32.7 Å². The van der Waals surface area contributed by atoms with Crippen LogP contribution >= 0.6 is 0 Å². The molecule has 1 aromatic carbocycles. The Morgan fingerprint density at radius 2 is 1.85 bits per heavy atom. The monoisotopic (exact) mass is 276 g/mol. The van der Waals surface area contributed by atoms with E-state index in [1.54, 1.807) is 7.05 Å². The van der Waals surface area contributed by atoms with Crippen LogP contribution in [0.3, 0.4) is 0 Å². The maximum Gasteiger partial charge on any atom is 0.191 e. The minimum atomic E-state index is 0.403. The highest BCUT2D eigenvalue weighted by Crippen LogP contribution is 2.13. The average molecular weight is 276 g/mol. The van der Waals surface area contributed by atoms with Crippen LogP contribution in [0.25, 0.3) is 0 Å². The molecule has 0 aliphatic rings. The van der Waals surface area contributed by atoms with E-state index in [-0.39, 0.29) is 0 Å². The fourth-order valence-corrected chi connectivity index (χ4v) is 1.93. The molecule has 1 aromatic rings. The summed E-state index contributed by atoms with van der Waals surface area (Å²) in [6, 6.07) is 9.15. The van der Waals surface area contributed by atoms with E-state index in [0.717, 1.165) is 25.3 Å². The number of aryl methyl sites for hydroxylation is 1. The molecule has 112 valence electrons. The van der Waals surface area contributed by atoms with Crippen LogP contribution in [0.2, 0.25) is 0 Å². The largest absolute Gasteiger partial charge is 0.378 e. The molecule has 20 heavy (non-hydrogen) atoms. The fraction of sp³-hybridized carbons (Fsp3) is 0.562. The first-order valence-corrected chi connectivity index (χ1v) is 7.26. The quantitative estimate of drug-likeness (QED) is 0.476. The predicted octanol–water partition coefficient (Wildman–Crippen LogP) is 2.26. The zero-order valence-corrected chi connectivity index (χ0v) is 13.4. The van der Waals surface area contributed by atoms with Crippen LogP contribution in [0.5, 0.6) is 0 Å². The van der Waals surface area contributed by atoms with E-state index in [1.165, 1.54) is 11.3 Å². The number of nitrogens with zero attached hydrogens (tertiary/aromatic N) is 2. The normalized spacial score (nSPS) is 11.6. The highest BCUT2D eigenvalue weighted by atomic mass is 15.2. The third-order valence-corrected chi connectivity index (χ3v) is 3.04. The Hall–Kier alpha value is -1.71. The van der Waals surface area contributed by atoms with Crippen LogP contribution < -0.4 is 15.5 Å². The van der Waals surface area contributed by atoms with Gasteiger partial charge in [0.1, 0.15) is 0 Å². The zero-order valence-electron chi connectivity index (χ0n) is 13.4. The number of guanidine groups is 1. The van der Waals surface area contributed by atoms with Gasteiger partial charge >= 0.3 is 0 Å². The van der Waals surface area contributed by atoms with Gasteiger partial charge in [-0.15, -0.1) is 0 Å². The summed E-state index contributed by atoms with van der Waals surface area (Å²) >= 11 is 0. The molecule has 1 rings (SSSR count). The molecule has 0 radical (unpaired) electrons. The molecule has 0 aliphatic heterocycles. The zero-order chi connectivity index (χ0) is 15.0. The van der Waals surface area contributed by atoms with Crippen molar-refractivity contribution in [1.29, 1.82) is 0 Å². The van der Waals surface area contributed by atoms with Crippen LogP contribution in [0.15, 0.2) is 29.3 Å². The molecule has 0 aromatic heterocycles. The second kappa shape index (κ2) is 8.46. The number of nitrogens with one attached hydrogen (secondary N) is 2. The van der Waals surface area contributed by atoms with Crippen molar-refractivity contribution in [1.82, 2.24) is 10.6 Å². The molecule has 0 bridgehead atoms. The molecule has 0 saturated carbocycles. The summed E-state index contributed by atoms with van der Waals surface area (Å²) in [6.45, 7) is 5.15.